The van der Waals surface area contributed by atoms with E-state index < -0.39 is 0 Å². The fourth-order valence-electron chi connectivity index (χ4n) is 7.51. The second-order valence-electron chi connectivity index (χ2n) is 12.4. The molecule has 0 heterocycles. The molecule has 6 aromatic rings. The van der Waals surface area contributed by atoms with Gasteiger partial charge in [0, 0.05) is 0 Å². The molecule has 6 aromatic carbocycles. The van der Waals surface area contributed by atoms with Crippen LogP contribution in [0.1, 0.15) is 72.9 Å². The Morgan fingerprint density at radius 2 is 0.886 bits per heavy atom. The summed E-state index contributed by atoms with van der Waals surface area (Å²) in [4.78, 5) is 0. The van der Waals surface area contributed by atoms with Crippen LogP contribution in [0.25, 0.3) is 43.8 Å². The molecular formula is C43H48Hf. The van der Waals surface area contributed by atoms with Crippen molar-refractivity contribution in [3.05, 3.63) is 145 Å². The third kappa shape index (κ3) is 6.50. The molecule has 0 aromatic heterocycles. The van der Waals surface area contributed by atoms with Gasteiger partial charge in [0.15, 0.2) is 0 Å². The fraction of sp³-hybridized carbons (Fsp3) is 0.256. The summed E-state index contributed by atoms with van der Waals surface area (Å²) in [6, 6.07) is 37.5. The molecule has 0 radical (unpaired) electrons. The normalized spacial score (nSPS) is 11.2. The fourth-order valence-corrected chi connectivity index (χ4v) is 7.51. The third-order valence-corrected chi connectivity index (χ3v) is 9.03. The molecule has 44 heavy (non-hydrogen) atoms. The molecule has 0 spiro atoms. The molecule has 0 bridgehead atoms. The Kier molecular flexibility index (Phi) is 11.6. The van der Waals surface area contributed by atoms with Crippen LogP contribution in [-0.2, 0) is 31.3 Å². The van der Waals surface area contributed by atoms with E-state index in [2.05, 4.69) is 139 Å². The van der Waals surface area contributed by atoms with Gasteiger partial charge in [-0.15, -0.1) is 69.1 Å². The predicted molar refractivity (Wildman–Crippen MR) is 192 cm³/mol. The van der Waals surface area contributed by atoms with Gasteiger partial charge in [-0.25, -0.2) is 0 Å². The first kappa shape index (κ1) is 35.4. The molecule has 0 saturated heterocycles. The summed E-state index contributed by atoms with van der Waals surface area (Å²) in [6.45, 7) is 13.5. The third-order valence-electron chi connectivity index (χ3n) is 9.03. The summed E-state index contributed by atoms with van der Waals surface area (Å²) in [5.41, 5.74) is 13.5. The smallest absolute Gasteiger partial charge is 0.358 e. The molecule has 0 aliphatic carbocycles. The van der Waals surface area contributed by atoms with Crippen molar-refractivity contribution in [2.24, 2.45) is 0 Å². The van der Waals surface area contributed by atoms with Crippen LogP contribution >= 0.6 is 0 Å². The first-order valence-electron chi connectivity index (χ1n) is 15.4. The molecule has 0 nitrogen and oxygen atoms in total. The Morgan fingerprint density at radius 3 is 1.23 bits per heavy atom. The number of fused-ring (bicyclic) bond motifs is 2. The molecule has 0 amide bonds. The molecule has 0 unspecified atom stereocenters. The zero-order valence-electron chi connectivity index (χ0n) is 28.1. The van der Waals surface area contributed by atoms with Crippen LogP contribution in [-0.4, -0.2) is 0 Å². The quantitative estimate of drug-likeness (QED) is 0.108. The van der Waals surface area contributed by atoms with Gasteiger partial charge in [0.25, 0.3) is 0 Å². The minimum absolute atomic E-state index is 0. The largest absolute Gasteiger partial charge is 4.00 e. The van der Waals surface area contributed by atoms with E-state index in [0.717, 1.165) is 25.7 Å². The second kappa shape index (κ2) is 14.4. The molecule has 0 aliphatic rings. The van der Waals surface area contributed by atoms with E-state index in [4.69, 9.17) is 0 Å². The molecule has 0 saturated carbocycles. The maximum Gasteiger partial charge on any atom is 4.00 e. The summed E-state index contributed by atoms with van der Waals surface area (Å²) >= 11 is 0. The van der Waals surface area contributed by atoms with Crippen LogP contribution in [0.3, 0.4) is 0 Å². The van der Waals surface area contributed by atoms with Gasteiger partial charge in [-0.3, -0.25) is 0 Å². The van der Waals surface area contributed by atoms with Crippen molar-refractivity contribution in [3.63, 3.8) is 0 Å². The van der Waals surface area contributed by atoms with Gasteiger partial charge in [0.2, 0.25) is 0 Å². The van der Waals surface area contributed by atoms with Crippen molar-refractivity contribution >= 4 is 21.5 Å². The molecule has 0 aliphatic heterocycles. The van der Waals surface area contributed by atoms with E-state index in [0.29, 0.717) is 0 Å². The van der Waals surface area contributed by atoms with Crippen LogP contribution in [0.5, 0.6) is 0 Å². The Bertz CT molecular complexity index is 1680. The summed E-state index contributed by atoms with van der Waals surface area (Å²) in [7, 11) is 0. The van der Waals surface area contributed by atoms with Crippen LogP contribution in [0.15, 0.2) is 97.1 Å². The van der Waals surface area contributed by atoms with Crippen molar-refractivity contribution in [3.8, 4) is 22.3 Å². The van der Waals surface area contributed by atoms with Crippen LogP contribution in [0.2, 0.25) is 0 Å². The molecule has 0 N–H and O–H groups in total. The average molecular weight is 743 g/mol. The molecule has 6 rings (SSSR count). The summed E-state index contributed by atoms with van der Waals surface area (Å²) in [5.74, 6) is 0. The van der Waals surface area contributed by atoms with Gasteiger partial charge >= 0.3 is 25.8 Å². The number of rotatable bonds is 8. The first-order chi connectivity index (χ1) is 19.8. The molecule has 0 atom stereocenters. The van der Waals surface area contributed by atoms with Gasteiger partial charge in [-0.1, -0.05) is 109 Å². The van der Waals surface area contributed by atoms with E-state index in [1.807, 2.05) is 0 Å². The summed E-state index contributed by atoms with van der Waals surface area (Å²) in [6.07, 6.45) is 4.59. The molecule has 1 heteroatoms. The van der Waals surface area contributed by atoms with Gasteiger partial charge in [0.1, 0.15) is 0 Å². The minimum atomic E-state index is -0.0128. The maximum absolute atomic E-state index is 2.52. The predicted octanol–water partition coefficient (Wildman–Crippen LogP) is 12.8. The van der Waals surface area contributed by atoms with E-state index in [-0.39, 0.29) is 46.1 Å². The molecular weight excluding hydrogens is 695 g/mol. The van der Waals surface area contributed by atoms with Crippen molar-refractivity contribution in [2.45, 2.75) is 72.6 Å². The van der Waals surface area contributed by atoms with E-state index in [1.54, 1.807) is 0 Å². The Morgan fingerprint density at radius 1 is 0.523 bits per heavy atom. The van der Waals surface area contributed by atoms with Gasteiger partial charge in [0.05, 0.1) is 0 Å². The number of aryl methyl sites for hydroxylation is 4. The molecule has 224 valence electrons. The zero-order chi connectivity index (χ0) is 28.7. The van der Waals surface area contributed by atoms with Gasteiger partial charge < -0.3 is 14.9 Å². The molecule has 0 fully saturated rings. The number of benzene rings is 4. The van der Waals surface area contributed by atoms with Crippen molar-refractivity contribution in [1.82, 2.24) is 0 Å². The van der Waals surface area contributed by atoms with Crippen molar-refractivity contribution in [1.29, 1.82) is 0 Å². The second-order valence-corrected chi connectivity index (χ2v) is 12.4. The van der Waals surface area contributed by atoms with Gasteiger partial charge in [-0.05, 0) is 57.1 Å². The van der Waals surface area contributed by atoms with Crippen molar-refractivity contribution in [2.75, 3.05) is 0 Å². The van der Waals surface area contributed by atoms with Gasteiger partial charge in [-0.2, -0.15) is 12.1 Å². The SMILES string of the molecule is CCCC(CCC)(c1cc2c(-c3cc(C)cc(C)c3)cccc2[cH-]1)c1cc2c(-c3cc(C)cc(C)c3)cccc2[cH-]1.[CH3-].[CH3-].[Hf+4]. The monoisotopic (exact) mass is 744 g/mol. The van der Waals surface area contributed by atoms with E-state index >= 15 is 0 Å². The summed E-state index contributed by atoms with van der Waals surface area (Å²) < 4.78 is 0. The van der Waals surface area contributed by atoms with E-state index in [9.17, 15) is 0 Å². The van der Waals surface area contributed by atoms with Crippen molar-refractivity contribution < 1.29 is 25.8 Å². The minimum Gasteiger partial charge on any atom is -0.358 e. The van der Waals surface area contributed by atoms with Crippen LogP contribution in [0, 0.1) is 42.5 Å². The standard InChI is InChI=1S/C41H42.2CH3.Hf/c1-7-15-41(16-8-2,35-23-31-11-9-13-37(39(31)25-35)33-19-27(3)17-28(4)20-33)36-24-32-12-10-14-38(40(32)26-36)34-21-29(5)18-30(6)22-34;;;/h9-14,17-26H,7-8,15-16H2,1-6H3;2*1H3;/q-2;2*-1;+4. The Balaban J connectivity index is 0.00000176. The maximum atomic E-state index is 2.52. The number of hydrogen-bond acceptors (Lipinski definition) is 0. The van der Waals surface area contributed by atoms with Crippen LogP contribution in [0.4, 0.5) is 0 Å². The topological polar surface area (TPSA) is 0 Å². The zero-order valence-corrected chi connectivity index (χ0v) is 31.7. The van der Waals surface area contributed by atoms with Crippen LogP contribution < -0.4 is 0 Å². The Labute approximate surface area is 286 Å². The average Bonchev–Trinajstić information content (AvgIpc) is 3.57. The first-order valence-corrected chi connectivity index (χ1v) is 15.4. The summed E-state index contributed by atoms with van der Waals surface area (Å²) in [5, 5.41) is 5.44. The Hall–Kier alpha value is -3.03. The van der Waals surface area contributed by atoms with E-state index in [1.165, 1.54) is 77.2 Å². The number of hydrogen-bond donors (Lipinski definition) is 0.